The highest BCUT2D eigenvalue weighted by Crippen LogP contribution is 2.00. The second-order valence-corrected chi connectivity index (χ2v) is 2.25. The van der Waals surface area contributed by atoms with Gasteiger partial charge in [-0.15, -0.1) is 0 Å². The quantitative estimate of drug-likeness (QED) is 0.436. The number of nitrogens with zero attached hydrogens (tertiary/aromatic N) is 2. The van der Waals surface area contributed by atoms with Gasteiger partial charge in [0.1, 0.15) is 6.07 Å². The number of esters is 1. The van der Waals surface area contributed by atoms with Crippen LogP contribution in [0.15, 0.2) is 18.3 Å². The van der Waals surface area contributed by atoms with Gasteiger partial charge in [-0.05, 0) is 12.1 Å². The summed E-state index contributed by atoms with van der Waals surface area (Å²) < 4.78 is 4.33. The van der Waals surface area contributed by atoms with Gasteiger partial charge in [0.2, 0.25) is 0 Å². The van der Waals surface area contributed by atoms with Crippen molar-refractivity contribution in [3.05, 3.63) is 29.6 Å². The molecule has 0 amide bonds. The maximum Gasteiger partial charge on any atom is 0.384 e. The SMILES string of the molecule is COC(=O)C#Cc1cccnc1C#N. The second-order valence-electron chi connectivity index (χ2n) is 2.25. The van der Waals surface area contributed by atoms with Gasteiger partial charge < -0.3 is 4.74 Å². The first-order valence-electron chi connectivity index (χ1n) is 3.73. The molecule has 1 heterocycles. The number of methoxy groups -OCH3 is 1. The predicted octanol–water partition coefficient (Wildman–Crippen LogP) is 0.478. The Morgan fingerprint density at radius 3 is 3.07 bits per heavy atom. The highest BCUT2D eigenvalue weighted by atomic mass is 16.5. The van der Waals surface area contributed by atoms with Gasteiger partial charge in [0, 0.05) is 12.1 Å². The van der Waals surface area contributed by atoms with Crippen LogP contribution in [-0.4, -0.2) is 18.1 Å². The van der Waals surface area contributed by atoms with Crippen molar-refractivity contribution in [1.29, 1.82) is 5.26 Å². The van der Waals surface area contributed by atoms with Crippen LogP contribution in [0, 0.1) is 23.2 Å². The number of pyridine rings is 1. The van der Waals surface area contributed by atoms with E-state index in [-0.39, 0.29) is 5.69 Å². The number of nitriles is 1. The van der Waals surface area contributed by atoms with E-state index in [0.717, 1.165) is 0 Å². The molecule has 0 fully saturated rings. The minimum atomic E-state index is -0.641. The zero-order valence-electron chi connectivity index (χ0n) is 7.44. The van der Waals surface area contributed by atoms with Crippen LogP contribution in [0.2, 0.25) is 0 Å². The Bertz CT molecular complexity index is 449. The molecule has 0 bridgehead atoms. The Kier molecular flexibility index (Phi) is 3.23. The van der Waals surface area contributed by atoms with Crippen LogP contribution in [0.1, 0.15) is 11.3 Å². The Morgan fingerprint density at radius 1 is 1.64 bits per heavy atom. The Morgan fingerprint density at radius 2 is 2.43 bits per heavy atom. The summed E-state index contributed by atoms with van der Waals surface area (Å²) in [5.74, 6) is 4.09. The molecule has 0 radical (unpaired) electrons. The molecule has 1 rings (SSSR count). The standard InChI is InChI=1S/C10H6N2O2/c1-14-10(13)5-4-8-3-2-6-12-9(8)7-11/h2-3,6H,1H3. The molecule has 0 spiro atoms. The summed E-state index contributed by atoms with van der Waals surface area (Å²) in [6.45, 7) is 0. The second kappa shape index (κ2) is 4.64. The van der Waals surface area contributed by atoms with E-state index in [2.05, 4.69) is 21.6 Å². The lowest BCUT2D eigenvalue weighted by atomic mass is 10.2. The summed E-state index contributed by atoms with van der Waals surface area (Å²) >= 11 is 0. The maximum absolute atomic E-state index is 10.7. The van der Waals surface area contributed by atoms with Crippen molar-refractivity contribution >= 4 is 5.97 Å². The van der Waals surface area contributed by atoms with E-state index in [4.69, 9.17) is 5.26 Å². The lowest BCUT2D eigenvalue weighted by Crippen LogP contribution is -1.95. The highest BCUT2D eigenvalue weighted by Gasteiger charge is 1.98. The molecule has 1 aromatic rings. The van der Waals surface area contributed by atoms with Crippen LogP contribution in [0.4, 0.5) is 0 Å². The number of hydrogen-bond donors (Lipinski definition) is 0. The maximum atomic E-state index is 10.7. The van der Waals surface area contributed by atoms with E-state index in [0.29, 0.717) is 5.56 Å². The van der Waals surface area contributed by atoms with E-state index in [1.807, 2.05) is 6.07 Å². The molecule has 0 unspecified atom stereocenters. The van der Waals surface area contributed by atoms with Crippen molar-refractivity contribution < 1.29 is 9.53 Å². The Balaban J connectivity index is 3.01. The molecular formula is C10H6N2O2. The summed E-state index contributed by atoms with van der Waals surface area (Å²) in [4.78, 5) is 14.5. The molecule has 0 aliphatic rings. The van der Waals surface area contributed by atoms with Crippen LogP contribution >= 0.6 is 0 Å². The molecule has 0 atom stereocenters. The number of carbonyl (C=O) groups is 1. The molecule has 0 aromatic carbocycles. The third-order valence-electron chi connectivity index (χ3n) is 1.40. The van der Waals surface area contributed by atoms with E-state index in [1.165, 1.54) is 13.3 Å². The number of rotatable bonds is 0. The molecule has 4 nitrogen and oxygen atoms in total. The zero-order valence-corrected chi connectivity index (χ0v) is 7.44. The number of ether oxygens (including phenoxy) is 1. The van der Waals surface area contributed by atoms with Crippen molar-refractivity contribution in [2.75, 3.05) is 7.11 Å². The lowest BCUT2D eigenvalue weighted by molar-refractivity contribution is -0.133. The van der Waals surface area contributed by atoms with Gasteiger partial charge in [-0.3, -0.25) is 0 Å². The summed E-state index contributed by atoms with van der Waals surface area (Å²) in [5.41, 5.74) is 0.615. The van der Waals surface area contributed by atoms with Gasteiger partial charge in [-0.2, -0.15) is 5.26 Å². The molecule has 0 saturated carbocycles. The molecule has 14 heavy (non-hydrogen) atoms. The van der Waals surface area contributed by atoms with Gasteiger partial charge in [-0.1, -0.05) is 5.92 Å². The molecule has 4 heteroatoms. The summed E-state index contributed by atoms with van der Waals surface area (Å²) in [6.07, 6.45) is 1.49. The third-order valence-corrected chi connectivity index (χ3v) is 1.40. The first-order valence-corrected chi connectivity index (χ1v) is 3.73. The first kappa shape index (κ1) is 9.76. The van der Waals surface area contributed by atoms with Crippen molar-refractivity contribution in [3.8, 4) is 17.9 Å². The van der Waals surface area contributed by atoms with Gasteiger partial charge in [-0.25, -0.2) is 9.78 Å². The zero-order chi connectivity index (χ0) is 10.4. The van der Waals surface area contributed by atoms with Crippen LogP contribution in [0.5, 0.6) is 0 Å². The molecule has 1 aromatic heterocycles. The third kappa shape index (κ3) is 2.33. The van der Waals surface area contributed by atoms with Gasteiger partial charge in [0.25, 0.3) is 0 Å². The number of aromatic nitrogens is 1. The molecule has 0 saturated heterocycles. The van der Waals surface area contributed by atoms with Crippen LogP contribution in [0.3, 0.4) is 0 Å². The fourth-order valence-electron chi connectivity index (χ4n) is 0.765. The minimum absolute atomic E-state index is 0.198. The lowest BCUT2D eigenvalue weighted by Gasteiger charge is -1.91. The highest BCUT2D eigenvalue weighted by molar-refractivity contribution is 5.89. The smallest absolute Gasteiger partial charge is 0.384 e. The van der Waals surface area contributed by atoms with Gasteiger partial charge in [0.15, 0.2) is 5.69 Å². The molecule has 68 valence electrons. The van der Waals surface area contributed by atoms with Crippen LogP contribution in [0.25, 0.3) is 0 Å². The minimum Gasteiger partial charge on any atom is -0.459 e. The van der Waals surface area contributed by atoms with Crippen LogP contribution < -0.4 is 0 Å². The first-order chi connectivity index (χ1) is 6.77. The van der Waals surface area contributed by atoms with Crippen molar-refractivity contribution in [2.24, 2.45) is 0 Å². The summed E-state index contributed by atoms with van der Waals surface area (Å²) in [7, 11) is 1.24. The number of hydrogen-bond acceptors (Lipinski definition) is 4. The summed E-state index contributed by atoms with van der Waals surface area (Å²) in [5, 5.41) is 8.64. The summed E-state index contributed by atoms with van der Waals surface area (Å²) in [6, 6.07) is 5.13. The van der Waals surface area contributed by atoms with Gasteiger partial charge in [0.05, 0.1) is 12.7 Å². The van der Waals surface area contributed by atoms with Crippen LogP contribution in [-0.2, 0) is 9.53 Å². The number of carbonyl (C=O) groups excluding carboxylic acids is 1. The fourth-order valence-corrected chi connectivity index (χ4v) is 0.765. The Labute approximate surface area is 81.1 Å². The molecule has 0 N–H and O–H groups in total. The fraction of sp³-hybridized carbons (Fsp3) is 0.100. The topological polar surface area (TPSA) is 63.0 Å². The van der Waals surface area contributed by atoms with E-state index in [1.54, 1.807) is 12.1 Å². The largest absolute Gasteiger partial charge is 0.459 e. The normalized spacial score (nSPS) is 8.00. The predicted molar refractivity (Wildman–Crippen MR) is 47.8 cm³/mol. The average molecular weight is 186 g/mol. The molecule has 0 aliphatic carbocycles. The van der Waals surface area contributed by atoms with E-state index >= 15 is 0 Å². The van der Waals surface area contributed by atoms with Crippen molar-refractivity contribution in [1.82, 2.24) is 4.98 Å². The van der Waals surface area contributed by atoms with Crippen molar-refractivity contribution in [2.45, 2.75) is 0 Å². The van der Waals surface area contributed by atoms with Crippen molar-refractivity contribution in [3.63, 3.8) is 0 Å². The van der Waals surface area contributed by atoms with Gasteiger partial charge >= 0.3 is 5.97 Å². The van der Waals surface area contributed by atoms with E-state index in [9.17, 15) is 4.79 Å². The monoisotopic (exact) mass is 186 g/mol. The van der Waals surface area contributed by atoms with E-state index < -0.39 is 5.97 Å². The Hall–Kier alpha value is -2.33. The average Bonchev–Trinajstić information content (AvgIpc) is 2.26. The molecular weight excluding hydrogens is 180 g/mol. The molecule has 0 aliphatic heterocycles.